The number of unbranched alkanes of at least 4 members (excludes halogenated alkanes) is 1. The second-order valence-corrected chi connectivity index (χ2v) is 5.16. The van der Waals surface area contributed by atoms with Gasteiger partial charge in [-0.05, 0) is 54.0 Å². The van der Waals surface area contributed by atoms with Gasteiger partial charge in [-0.2, -0.15) is 0 Å². The van der Waals surface area contributed by atoms with E-state index >= 15 is 0 Å². The lowest BCUT2D eigenvalue weighted by Gasteiger charge is -2.07. The van der Waals surface area contributed by atoms with Crippen molar-refractivity contribution in [2.24, 2.45) is 0 Å². The molecule has 0 atom stereocenters. The predicted octanol–water partition coefficient (Wildman–Crippen LogP) is 5.69. The minimum Gasteiger partial charge on any atom is -0.128 e. The molecule has 0 N–H and O–H groups in total. The predicted molar refractivity (Wildman–Crippen MR) is 93.2 cm³/mol. The van der Waals surface area contributed by atoms with Crippen LogP contribution < -0.4 is 0 Å². The Morgan fingerprint density at radius 3 is 1.90 bits per heavy atom. The van der Waals surface area contributed by atoms with Gasteiger partial charge in [-0.25, -0.2) is 0 Å². The molecule has 2 aromatic carbocycles. The summed E-state index contributed by atoms with van der Waals surface area (Å²) < 4.78 is 0. The van der Waals surface area contributed by atoms with Crippen LogP contribution in [0.4, 0.5) is 0 Å². The van der Waals surface area contributed by atoms with Gasteiger partial charge in [0.05, 0.1) is 0 Å². The summed E-state index contributed by atoms with van der Waals surface area (Å²) in [6.07, 6.45) is 8.50. The van der Waals surface area contributed by atoms with E-state index in [9.17, 15) is 0 Å². The van der Waals surface area contributed by atoms with Gasteiger partial charge >= 0.3 is 0 Å². The summed E-state index contributed by atoms with van der Waals surface area (Å²) in [6.45, 7) is 7.54. The fourth-order valence-electron chi connectivity index (χ4n) is 2.60. The van der Waals surface area contributed by atoms with Crippen molar-refractivity contribution in [1.82, 2.24) is 0 Å². The molecule has 0 bridgehead atoms. The van der Waals surface area contributed by atoms with E-state index in [1.807, 2.05) is 12.2 Å². The number of hydrogen-bond acceptors (Lipinski definition) is 0. The minimum atomic E-state index is 1.10. The fraction of sp³-hybridized carbons (Fsp3) is 0.190. The number of benzene rings is 2. The molecule has 21 heavy (non-hydrogen) atoms. The monoisotopic (exact) mass is 274 g/mol. The quantitative estimate of drug-likeness (QED) is 0.449. The first-order chi connectivity index (χ1) is 10.3. The molecule has 0 amide bonds. The molecule has 0 radical (unpaired) electrons. The molecule has 0 aliphatic rings. The van der Waals surface area contributed by atoms with Crippen molar-refractivity contribution in [3.8, 4) is 0 Å². The van der Waals surface area contributed by atoms with E-state index in [0.29, 0.717) is 0 Å². The van der Waals surface area contributed by atoms with Gasteiger partial charge in [0.2, 0.25) is 0 Å². The summed E-state index contributed by atoms with van der Waals surface area (Å²) in [5.74, 6) is 0. The maximum Gasteiger partial charge on any atom is -0.0131 e. The van der Waals surface area contributed by atoms with Crippen LogP contribution in [0.25, 0.3) is 12.2 Å². The lowest BCUT2D eigenvalue weighted by Crippen LogP contribution is -1.93. The molecule has 0 heteroatoms. The summed E-state index contributed by atoms with van der Waals surface area (Å²) in [6, 6.07) is 17.0. The van der Waals surface area contributed by atoms with Gasteiger partial charge in [-0.3, -0.25) is 0 Å². The maximum absolute atomic E-state index is 3.88. The first-order valence-corrected chi connectivity index (χ1v) is 7.49. The van der Waals surface area contributed by atoms with Crippen LogP contribution in [0, 0.1) is 0 Å². The molecule has 0 unspecified atom stereocenters. The van der Waals surface area contributed by atoms with Crippen molar-refractivity contribution >= 4 is 12.2 Å². The third-order valence-corrected chi connectivity index (χ3v) is 3.73. The van der Waals surface area contributed by atoms with Gasteiger partial charge in [0.25, 0.3) is 0 Å². The molecule has 2 rings (SSSR count). The molecule has 0 fully saturated rings. The standard InChI is InChI=1S/C21H22/c1-3-11-19-13-7-9-16-21(19)17-10-8-15-20-14-6-5-12-18(20)4-2/h4-7,9,11-14,16H,1-2,8,10,15,17H2. The summed E-state index contributed by atoms with van der Waals surface area (Å²) in [7, 11) is 0. The van der Waals surface area contributed by atoms with Crippen LogP contribution in [0.15, 0.2) is 67.4 Å². The largest absolute Gasteiger partial charge is 0.128 e. The van der Waals surface area contributed by atoms with Crippen LogP contribution in [0.1, 0.15) is 35.1 Å². The maximum atomic E-state index is 3.88. The third kappa shape index (κ3) is 4.34. The Morgan fingerprint density at radius 2 is 1.33 bits per heavy atom. The first-order valence-electron chi connectivity index (χ1n) is 7.49. The molecule has 106 valence electrons. The van der Waals surface area contributed by atoms with Crippen molar-refractivity contribution in [2.75, 3.05) is 0 Å². The second kappa shape index (κ2) is 8.09. The van der Waals surface area contributed by atoms with Crippen LogP contribution in [0.3, 0.4) is 0 Å². The summed E-state index contributed by atoms with van der Waals surface area (Å²) >= 11 is 0. The van der Waals surface area contributed by atoms with Crippen molar-refractivity contribution in [3.63, 3.8) is 0 Å². The molecule has 0 heterocycles. The van der Waals surface area contributed by atoms with Gasteiger partial charge in [0, 0.05) is 0 Å². The van der Waals surface area contributed by atoms with E-state index < -0.39 is 0 Å². The molecular weight excluding hydrogens is 252 g/mol. The molecule has 0 nitrogen and oxygen atoms in total. The summed E-state index contributed by atoms with van der Waals surface area (Å²) in [4.78, 5) is 0. The number of rotatable bonds is 7. The van der Waals surface area contributed by atoms with Gasteiger partial charge in [0.1, 0.15) is 0 Å². The average molecular weight is 274 g/mol. The van der Waals surface area contributed by atoms with Crippen LogP contribution in [0.5, 0.6) is 0 Å². The van der Waals surface area contributed by atoms with Crippen molar-refractivity contribution in [3.05, 3.63) is 89.7 Å². The highest BCUT2D eigenvalue weighted by molar-refractivity contribution is 5.53. The van der Waals surface area contributed by atoms with Gasteiger partial charge in [0.15, 0.2) is 0 Å². The van der Waals surface area contributed by atoms with Crippen LogP contribution in [-0.4, -0.2) is 0 Å². The van der Waals surface area contributed by atoms with Gasteiger partial charge < -0.3 is 0 Å². The molecular formula is C21H22. The zero-order valence-corrected chi connectivity index (χ0v) is 12.5. The van der Waals surface area contributed by atoms with E-state index in [1.54, 1.807) is 0 Å². The molecule has 0 aliphatic heterocycles. The molecule has 0 saturated heterocycles. The number of hydrogen-bond donors (Lipinski definition) is 0. The smallest absolute Gasteiger partial charge is 0.0131 e. The topological polar surface area (TPSA) is 0 Å². The molecule has 0 aliphatic carbocycles. The Morgan fingerprint density at radius 1 is 0.810 bits per heavy atom. The Hall–Kier alpha value is -2.30. The second-order valence-electron chi connectivity index (χ2n) is 5.16. The van der Waals surface area contributed by atoms with Crippen molar-refractivity contribution in [2.45, 2.75) is 25.7 Å². The lowest BCUT2D eigenvalue weighted by molar-refractivity contribution is 0.733. The molecule has 0 aromatic heterocycles. The molecule has 2 aromatic rings. The van der Waals surface area contributed by atoms with Crippen LogP contribution in [-0.2, 0) is 12.8 Å². The minimum absolute atomic E-state index is 1.10. The van der Waals surface area contributed by atoms with Crippen LogP contribution >= 0.6 is 0 Å². The Kier molecular flexibility index (Phi) is 5.82. The van der Waals surface area contributed by atoms with Crippen molar-refractivity contribution in [1.29, 1.82) is 0 Å². The average Bonchev–Trinajstić information content (AvgIpc) is 2.53. The fourth-order valence-corrected chi connectivity index (χ4v) is 2.60. The number of aryl methyl sites for hydroxylation is 2. The SMILES string of the molecule is C=C=Cc1ccccc1CCCCc1ccccc1C=C. The zero-order chi connectivity index (χ0) is 14.9. The summed E-state index contributed by atoms with van der Waals surface area (Å²) in [5.41, 5.74) is 8.14. The highest BCUT2D eigenvalue weighted by Gasteiger charge is 2.01. The van der Waals surface area contributed by atoms with E-state index in [-0.39, 0.29) is 0 Å². The van der Waals surface area contributed by atoms with E-state index in [1.165, 1.54) is 35.1 Å². The normalized spacial score (nSPS) is 9.90. The Balaban J connectivity index is 1.90. The molecule has 0 spiro atoms. The van der Waals surface area contributed by atoms with E-state index in [2.05, 4.69) is 67.4 Å². The highest BCUT2D eigenvalue weighted by Crippen LogP contribution is 2.16. The van der Waals surface area contributed by atoms with E-state index in [0.717, 1.165) is 12.8 Å². The molecule has 0 saturated carbocycles. The Bertz CT molecular complexity index is 643. The zero-order valence-electron chi connectivity index (χ0n) is 12.5. The van der Waals surface area contributed by atoms with E-state index in [4.69, 9.17) is 0 Å². The van der Waals surface area contributed by atoms with Gasteiger partial charge in [-0.1, -0.05) is 67.8 Å². The van der Waals surface area contributed by atoms with Gasteiger partial charge in [-0.15, -0.1) is 5.73 Å². The van der Waals surface area contributed by atoms with Crippen LogP contribution in [0.2, 0.25) is 0 Å². The third-order valence-electron chi connectivity index (χ3n) is 3.73. The lowest BCUT2D eigenvalue weighted by atomic mass is 9.98. The highest BCUT2D eigenvalue weighted by atomic mass is 14.1. The summed E-state index contributed by atoms with van der Waals surface area (Å²) in [5, 5.41) is 0. The van der Waals surface area contributed by atoms with Crippen molar-refractivity contribution < 1.29 is 0 Å². The Labute approximate surface area is 128 Å². The first kappa shape index (κ1) is 15.1.